The van der Waals surface area contributed by atoms with Crippen LogP contribution in [0.5, 0.6) is 0 Å². The number of hydrogen-bond acceptors (Lipinski definition) is 2. The zero-order valence-corrected chi connectivity index (χ0v) is 12.7. The molecular formula is C12H16ClIN2O. The number of hydrogen-bond donors (Lipinski definition) is 2. The van der Waals surface area contributed by atoms with Gasteiger partial charge in [-0.1, -0.05) is 25.4 Å². The monoisotopic (exact) mass is 366 g/mol. The third-order valence-corrected chi connectivity index (χ3v) is 4.11. The number of carbonyl (C=O) groups excluding carboxylic acids is 1. The first-order valence-corrected chi connectivity index (χ1v) is 6.86. The van der Waals surface area contributed by atoms with Crippen LogP contribution in [0.2, 0.25) is 5.02 Å². The molecule has 5 heteroatoms. The molecule has 0 aliphatic rings. The van der Waals surface area contributed by atoms with Gasteiger partial charge in [0.1, 0.15) is 0 Å². The molecule has 1 unspecified atom stereocenters. The van der Waals surface area contributed by atoms with Gasteiger partial charge in [-0.25, -0.2) is 0 Å². The minimum Gasteiger partial charge on any atom is -0.350 e. The summed E-state index contributed by atoms with van der Waals surface area (Å²) >= 11 is 8.08. The van der Waals surface area contributed by atoms with Gasteiger partial charge in [-0.3, -0.25) is 4.79 Å². The maximum Gasteiger partial charge on any atom is 0.251 e. The highest BCUT2D eigenvalue weighted by molar-refractivity contribution is 14.1. The second kappa shape index (κ2) is 6.56. The molecule has 0 aliphatic heterocycles. The lowest BCUT2D eigenvalue weighted by Gasteiger charge is -2.16. The van der Waals surface area contributed by atoms with Crippen molar-refractivity contribution in [1.82, 2.24) is 5.32 Å². The van der Waals surface area contributed by atoms with E-state index in [1.165, 1.54) is 0 Å². The van der Waals surface area contributed by atoms with Gasteiger partial charge in [-0.15, -0.1) is 0 Å². The molecule has 0 spiro atoms. The third kappa shape index (κ3) is 4.44. The van der Waals surface area contributed by atoms with Crippen molar-refractivity contribution < 1.29 is 4.79 Å². The van der Waals surface area contributed by atoms with Gasteiger partial charge >= 0.3 is 0 Å². The molecule has 0 fully saturated rings. The van der Waals surface area contributed by atoms with E-state index in [0.717, 1.165) is 3.57 Å². The van der Waals surface area contributed by atoms with E-state index in [1.807, 2.05) is 19.9 Å². The molecule has 1 aromatic rings. The molecule has 1 atom stereocenters. The molecule has 0 saturated heterocycles. The Kier molecular flexibility index (Phi) is 5.69. The summed E-state index contributed by atoms with van der Waals surface area (Å²) in [5.74, 6) is 0.204. The number of benzene rings is 1. The largest absolute Gasteiger partial charge is 0.350 e. The lowest BCUT2D eigenvalue weighted by molar-refractivity contribution is 0.0949. The van der Waals surface area contributed by atoms with Crippen molar-refractivity contribution in [2.75, 3.05) is 6.54 Å². The highest BCUT2D eigenvalue weighted by Gasteiger charge is 2.11. The molecule has 0 heterocycles. The average molecular weight is 367 g/mol. The van der Waals surface area contributed by atoms with Crippen LogP contribution in [0.25, 0.3) is 0 Å². The molecule has 0 saturated carbocycles. The Morgan fingerprint density at radius 1 is 1.53 bits per heavy atom. The maximum atomic E-state index is 11.8. The smallest absolute Gasteiger partial charge is 0.251 e. The first-order chi connectivity index (χ1) is 7.91. The van der Waals surface area contributed by atoms with E-state index >= 15 is 0 Å². The predicted octanol–water partition coefficient (Wildman–Crippen LogP) is 2.66. The van der Waals surface area contributed by atoms with Crippen molar-refractivity contribution in [3.63, 3.8) is 0 Å². The summed E-state index contributed by atoms with van der Waals surface area (Å²) in [6.45, 7) is 4.53. The van der Waals surface area contributed by atoms with Gasteiger partial charge in [-0.2, -0.15) is 0 Å². The fourth-order valence-corrected chi connectivity index (χ4v) is 1.70. The molecular weight excluding hydrogens is 351 g/mol. The predicted molar refractivity (Wildman–Crippen MR) is 79.3 cm³/mol. The first kappa shape index (κ1) is 14.7. The Balaban J connectivity index is 2.61. The lowest BCUT2D eigenvalue weighted by Crippen LogP contribution is -2.40. The van der Waals surface area contributed by atoms with Crippen molar-refractivity contribution in [1.29, 1.82) is 0 Å². The topological polar surface area (TPSA) is 55.1 Å². The van der Waals surface area contributed by atoms with Gasteiger partial charge in [0.25, 0.3) is 5.91 Å². The first-order valence-electron chi connectivity index (χ1n) is 5.40. The fraction of sp³-hybridized carbons (Fsp3) is 0.417. The number of halogens is 2. The fourth-order valence-electron chi connectivity index (χ4n) is 1.19. The maximum absolute atomic E-state index is 11.8. The lowest BCUT2D eigenvalue weighted by atomic mass is 10.1. The Hall–Kier alpha value is -0.330. The highest BCUT2D eigenvalue weighted by Crippen LogP contribution is 2.19. The molecule has 94 valence electrons. The standard InChI is InChI=1S/C12H16ClIN2O/c1-7(2)11(15)6-16-12(17)8-3-4-10(14)9(13)5-8/h3-5,7,11H,6,15H2,1-2H3,(H,16,17). The number of nitrogens with two attached hydrogens (primary N) is 1. The van der Waals surface area contributed by atoms with E-state index in [1.54, 1.807) is 12.1 Å². The van der Waals surface area contributed by atoms with Crippen molar-refractivity contribution in [2.45, 2.75) is 19.9 Å². The Bertz CT molecular complexity index is 409. The molecule has 1 aromatic carbocycles. The summed E-state index contributed by atoms with van der Waals surface area (Å²) in [4.78, 5) is 11.8. The Labute approximate surface area is 120 Å². The molecule has 0 aromatic heterocycles. The van der Waals surface area contributed by atoms with Gasteiger partial charge in [0.15, 0.2) is 0 Å². The van der Waals surface area contributed by atoms with Gasteiger partial charge in [0.05, 0.1) is 5.02 Å². The van der Waals surface area contributed by atoms with Crippen molar-refractivity contribution in [3.05, 3.63) is 32.4 Å². The highest BCUT2D eigenvalue weighted by atomic mass is 127. The molecule has 0 aliphatic carbocycles. The molecule has 0 bridgehead atoms. The van der Waals surface area contributed by atoms with Crippen LogP contribution in [-0.2, 0) is 0 Å². The zero-order chi connectivity index (χ0) is 13.0. The Morgan fingerprint density at radius 2 is 2.18 bits per heavy atom. The van der Waals surface area contributed by atoms with Gasteiger partial charge in [-0.05, 0) is 46.7 Å². The van der Waals surface area contributed by atoms with Crippen LogP contribution < -0.4 is 11.1 Å². The van der Waals surface area contributed by atoms with Crippen LogP contribution in [0.15, 0.2) is 18.2 Å². The van der Waals surface area contributed by atoms with Crippen LogP contribution in [0, 0.1) is 9.49 Å². The molecule has 1 rings (SSSR count). The molecule has 17 heavy (non-hydrogen) atoms. The Morgan fingerprint density at radius 3 is 2.71 bits per heavy atom. The van der Waals surface area contributed by atoms with Crippen molar-refractivity contribution in [3.8, 4) is 0 Å². The SMILES string of the molecule is CC(C)C(N)CNC(=O)c1ccc(I)c(Cl)c1. The second-order valence-corrected chi connectivity index (χ2v) is 5.82. The molecule has 3 nitrogen and oxygen atoms in total. The minimum atomic E-state index is -0.139. The number of amides is 1. The summed E-state index contributed by atoms with van der Waals surface area (Å²) in [6.07, 6.45) is 0. The van der Waals surface area contributed by atoms with Crippen LogP contribution in [-0.4, -0.2) is 18.5 Å². The van der Waals surface area contributed by atoms with Gasteiger partial charge in [0, 0.05) is 21.7 Å². The van der Waals surface area contributed by atoms with Gasteiger partial charge in [0.2, 0.25) is 0 Å². The number of rotatable bonds is 4. The van der Waals surface area contributed by atoms with Crippen LogP contribution in [0.1, 0.15) is 24.2 Å². The summed E-state index contributed by atoms with van der Waals surface area (Å²) in [5.41, 5.74) is 6.42. The summed E-state index contributed by atoms with van der Waals surface area (Å²) < 4.78 is 0.930. The molecule has 3 N–H and O–H groups in total. The molecule has 1 amide bonds. The average Bonchev–Trinajstić information content (AvgIpc) is 2.28. The summed E-state index contributed by atoms with van der Waals surface area (Å²) in [5, 5.41) is 3.39. The summed E-state index contributed by atoms with van der Waals surface area (Å²) in [6, 6.07) is 5.21. The summed E-state index contributed by atoms with van der Waals surface area (Å²) in [7, 11) is 0. The van der Waals surface area contributed by atoms with E-state index < -0.39 is 0 Å². The van der Waals surface area contributed by atoms with Gasteiger partial charge < -0.3 is 11.1 Å². The van der Waals surface area contributed by atoms with E-state index in [9.17, 15) is 4.79 Å². The van der Waals surface area contributed by atoms with Crippen molar-refractivity contribution in [2.24, 2.45) is 11.7 Å². The van der Waals surface area contributed by atoms with Crippen molar-refractivity contribution >= 4 is 40.1 Å². The molecule has 0 radical (unpaired) electrons. The normalized spacial score (nSPS) is 12.6. The quantitative estimate of drug-likeness (QED) is 0.805. The van der Waals surface area contributed by atoms with Crippen LogP contribution >= 0.6 is 34.2 Å². The number of carbonyl (C=O) groups is 1. The van der Waals surface area contributed by atoms with E-state index in [-0.39, 0.29) is 11.9 Å². The van der Waals surface area contributed by atoms with E-state index in [4.69, 9.17) is 17.3 Å². The van der Waals surface area contributed by atoms with E-state index in [2.05, 4.69) is 27.9 Å². The zero-order valence-electron chi connectivity index (χ0n) is 9.84. The van der Waals surface area contributed by atoms with E-state index in [0.29, 0.717) is 23.0 Å². The van der Waals surface area contributed by atoms with Crippen LogP contribution in [0.3, 0.4) is 0 Å². The second-order valence-electron chi connectivity index (χ2n) is 4.25. The number of nitrogens with one attached hydrogen (secondary N) is 1. The minimum absolute atomic E-state index is 0.0294. The third-order valence-electron chi connectivity index (χ3n) is 2.54. The van der Waals surface area contributed by atoms with Crippen LogP contribution in [0.4, 0.5) is 0 Å².